The number of fused-ring (bicyclic) bond motifs is 1. The molecule has 0 aromatic carbocycles. The molecule has 0 aliphatic heterocycles. The van der Waals surface area contributed by atoms with Crippen LogP contribution in [-0.4, -0.2) is 75.1 Å². The standard InChI is InChI=1S/C33H52O10/c1-12-18(6)31(39)43-26-25(42-30(38)17(4)5)21(9)24(41-29(37)16(2)3)22-23(34)20(8)15-33(22,40)27(35)19(7)13-14-32(10,11)28(26)36/h13-14,16-20,22-26,28,34,36,40H,9,12,15H2,1-8,10-11H3. The molecule has 2 aliphatic carbocycles. The smallest absolute Gasteiger partial charge is 0.309 e. The van der Waals surface area contributed by atoms with Gasteiger partial charge in [-0.3, -0.25) is 19.2 Å². The van der Waals surface area contributed by atoms with E-state index in [0.717, 1.165) is 0 Å². The zero-order valence-electron chi connectivity index (χ0n) is 27.3. The fourth-order valence-corrected chi connectivity index (χ4v) is 5.60. The minimum Gasteiger partial charge on any atom is -0.457 e. The van der Waals surface area contributed by atoms with Crippen molar-refractivity contribution >= 4 is 23.7 Å². The van der Waals surface area contributed by atoms with Crippen molar-refractivity contribution in [1.82, 2.24) is 0 Å². The Hall–Kier alpha value is -2.56. The summed E-state index contributed by atoms with van der Waals surface area (Å²) in [6.45, 7) is 20.6. The Labute approximate surface area is 255 Å². The van der Waals surface area contributed by atoms with Crippen LogP contribution in [0, 0.1) is 40.9 Å². The predicted molar refractivity (Wildman–Crippen MR) is 159 cm³/mol. The summed E-state index contributed by atoms with van der Waals surface area (Å²) in [6, 6.07) is 0. The van der Waals surface area contributed by atoms with E-state index in [1.165, 1.54) is 0 Å². The van der Waals surface area contributed by atoms with Crippen molar-refractivity contribution in [3.63, 3.8) is 0 Å². The Bertz CT molecular complexity index is 1090. The first-order valence-electron chi connectivity index (χ1n) is 15.3. The van der Waals surface area contributed by atoms with Crippen LogP contribution in [0.5, 0.6) is 0 Å². The third-order valence-corrected chi connectivity index (χ3v) is 8.92. The minimum atomic E-state index is -2.15. The summed E-state index contributed by atoms with van der Waals surface area (Å²) in [5.74, 6) is -7.34. The molecule has 2 aliphatic rings. The third-order valence-electron chi connectivity index (χ3n) is 8.92. The summed E-state index contributed by atoms with van der Waals surface area (Å²) in [5.41, 5.74) is -3.43. The van der Waals surface area contributed by atoms with E-state index >= 15 is 0 Å². The molecule has 0 bridgehead atoms. The van der Waals surface area contributed by atoms with Gasteiger partial charge in [-0.1, -0.05) is 88.0 Å². The van der Waals surface area contributed by atoms with Crippen LogP contribution in [0.4, 0.5) is 0 Å². The van der Waals surface area contributed by atoms with Crippen molar-refractivity contribution < 1.29 is 48.7 Å². The van der Waals surface area contributed by atoms with Gasteiger partial charge in [0.2, 0.25) is 0 Å². The van der Waals surface area contributed by atoms with Crippen molar-refractivity contribution in [3.05, 3.63) is 24.3 Å². The van der Waals surface area contributed by atoms with Crippen molar-refractivity contribution in [2.45, 2.75) is 118 Å². The Kier molecular flexibility index (Phi) is 12.0. The number of esters is 3. The highest BCUT2D eigenvalue weighted by Gasteiger charge is 2.61. The molecule has 2 rings (SSSR count). The normalized spacial score (nSPS) is 35.5. The molecule has 10 unspecified atom stereocenters. The molecule has 0 heterocycles. The van der Waals surface area contributed by atoms with E-state index in [1.54, 1.807) is 81.4 Å². The van der Waals surface area contributed by atoms with Gasteiger partial charge in [0.25, 0.3) is 0 Å². The third kappa shape index (κ3) is 7.75. The first-order chi connectivity index (χ1) is 19.7. The molecule has 0 amide bonds. The first kappa shape index (κ1) is 36.6. The van der Waals surface area contributed by atoms with Crippen LogP contribution in [0.1, 0.15) is 82.1 Å². The Morgan fingerprint density at radius 2 is 1.47 bits per heavy atom. The molecule has 1 saturated carbocycles. The Balaban J connectivity index is 2.95. The molecule has 244 valence electrons. The maximum atomic E-state index is 13.9. The average Bonchev–Trinajstić information content (AvgIpc) is 3.17. The Morgan fingerprint density at radius 1 is 0.953 bits per heavy atom. The second kappa shape index (κ2) is 14.0. The summed E-state index contributed by atoms with van der Waals surface area (Å²) >= 11 is 0. The largest absolute Gasteiger partial charge is 0.457 e. The molecule has 3 N–H and O–H groups in total. The maximum absolute atomic E-state index is 13.9. The van der Waals surface area contributed by atoms with Crippen molar-refractivity contribution in [2.24, 2.45) is 40.9 Å². The Morgan fingerprint density at radius 3 is 1.95 bits per heavy atom. The van der Waals surface area contributed by atoms with Gasteiger partial charge in [0.15, 0.2) is 18.0 Å². The van der Waals surface area contributed by atoms with Gasteiger partial charge in [-0.2, -0.15) is 0 Å². The minimum absolute atomic E-state index is 0.117. The second-order valence-corrected chi connectivity index (χ2v) is 13.7. The molecule has 0 spiro atoms. The molecule has 10 atom stereocenters. The van der Waals surface area contributed by atoms with Gasteiger partial charge in [-0.15, -0.1) is 0 Å². The lowest BCUT2D eigenvalue weighted by Gasteiger charge is -2.43. The summed E-state index contributed by atoms with van der Waals surface area (Å²) < 4.78 is 17.7. The van der Waals surface area contributed by atoms with Crippen LogP contribution in [-0.2, 0) is 33.4 Å². The van der Waals surface area contributed by atoms with Gasteiger partial charge in [0, 0.05) is 16.9 Å². The zero-order valence-corrected chi connectivity index (χ0v) is 27.3. The molecule has 10 nitrogen and oxygen atoms in total. The topological polar surface area (TPSA) is 157 Å². The van der Waals surface area contributed by atoms with Gasteiger partial charge >= 0.3 is 17.9 Å². The fraction of sp³-hybridized carbons (Fsp3) is 0.758. The van der Waals surface area contributed by atoms with E-state index in [9.17, 15) is 34.5 Å². The first-order valence-corrected chi connectivity index (χ1v) is 15.3. The van der Waals surface area contributed by atoms with Crippen LogP contribution >= 0.6 is 0 Å². The number of Topliss-reactive ketones (excluding diaryl/α,β-unsaturated/α-hetero) is 1. The molecular weight excluding hydrogens is 556 g/mol. The van der Waals surface area contributed by atoms with Gasteiger partial charge in [-0.25, -0.2) is 0 Å². The number of hydrogen-bond donors (Lipinski definition) is 3. The lowest BCUT2D eigenvalue weighted by atomic mass is 9.72. The molecule has 43 heavy (non-hydrogen) atoms. The molecule has 0 radical (unpaired) electrons. The summed E-state index contributed by atoms with van der Waals surface area (Å²) in [4.78, 5) is 53.3. The van der Waals surface area contributed by atoms with Crippen molar-refractivity contribution in [1.29, 1.82) is 0 Å². The summed E-state index contributed by atoms with van der Waals surface area (Å²) in [6.07, 6.45) is -4.00. The fourth-order valence-electron chi connectivity index (χ4n) is 5.60. The number of ether oxygens (including phenoxy) is 3. The molecular formula is C33H52O10. The average molecular weight is 609 g/mol. The lowest BCUT2D eigenvalue weighted by molar-refractivity contribution is -0.188. The van der Waals surface area contributed by atoms with Gasteiger partial charge in [0.1, 0.15) is 17.8 Å². The van der Waals surface area contributed by atoms with E-state index in [-0.39, 0.29) is 12.0 Å². The van der Waals surface area contributed by atoms with E-state index in [0.29, 0.717) is 6.42 Å². The van der Waals surface area contributed by atoms with E-state index in [2.05, 4.69) is 6.58 Å². The number of aliphatic hydroxyl groups is 3. The van der Waals surface area contributed by atoms with Crippen LogP contribution in [0.15, 0.2) is 24.3 Å². The van der Waals surface area contributed by atoms with Crippen molar-refractivity contribution in [3.8, 4) is 0 Å². The molecule has 0 saturated heterocycles. The quantitative estimate of drug-likeness (QED) is 0.222. The van der Waals surface area contributed by atoms with E-state index < -0.39 is 101 Å². The summed E-state index contributed by atoms with van der Waals surface area (Å²) in [7, 11) is 0. The number of carbonyl (C=O) groups is 4. The molecule has 0 aromatic rings. The predicted octanol–water partition coefficient (Wildman–Crippen LogP) is 3.55. The second-order valence-electron chi connectivity index (χ2n) is 13.7. The highest BCUT2D eigenvalue weighted by molar-refractivity contribution is 5.91. The number of rotatable bonds is 7. The number of allylic oxidation sites excluding steroid dienone is 1. The van der Waals surface area contributed by atoms with Gasteiger partial charge in [0.05, 0.1) is 29.8 Å². The van der Waals surface area contributed by atoms with Crippen molar-refractivity contribution in [2.75, 3.05) is 0 Å². The molecule has 1 fully saturated rings. The van der Waals surface area contributed by atoms with Crippen LogP contribution in [0.2, 0.25) is 0 Å². The molecule has 10 heteroatoms. The maximum Gasteiger partial charge on any atom is 0.309 e. The summed E-state index contributed by atoms with van der Waals surface area (Å²) in [5, 5.41) is 35.3. The van der Waals surface area contributed by atoms with Crippen LogP contribution < -0.4 is 0 Å². The molecule has 0 aromatic heterocycles. The number of hydrogen-bond acceptors (Lipinski definition) is 10. The SMILES string of the molecule is C=C1C(OC(=O)C(C)C)C(OC(=O)C(C)CC)C(O)C(C)(C)C=CC(C)C(=O)C2(O)CC(C)C(O)C2C1OC(=O)C(C)C. The highest BCUT2D eigenvalue weighted by atomic mass is 16.6. The lowest BCUT2D eigenvalue weighted by Crippen LogP contribution is -2.57. The monoisotopic (exact) mass is 608 g/mol. The van der Waals surface area contributed by atoms with Crippen LogP contribution in [0.3, 0.4) is 0 Å². The highest BCUT2D eigenvalue weighted by Crippen LogP contribution is 2.48. The zero-order chi connectivity index (χ0) is 33.2. The van der Waals surface area contributed by atoms with E-state index in [1.807, 2.05) is 0 Å². The number of aliphatic hydroxyl groups excluding tert-OH is 2. The number of carbonyl (C=O) groups excluding carboxylic acids is 4. The van der Waals surface area contributed by atoms with E-state index in [4.69, 9.17) is 14.2 Å². The van der Waals surface area contributed by atoms with Gasteiger partial charge < -0.3 is 29.5 Å². The van der Waals surface area contributed by atoms with Crippen LogP contribution in [0.25, 0.3) is 0 Å². The number of ketones is 1. The van der Waals surface area contributed by atoms with Gasteiger partial charge in [-0.05, 0) is 18.8 Å².